The van der Waals surface area contributed by atoms with E-state index < -0.39 is 5.66 Å². The largest absolute Gasteiger partial charge is 0.338 e. The molecule has 0 aliphatic carbocycles. The van der Waals surface area contributed by atoms with Crippen molar-refractivity contribution in [1.82, 2.24) is 15.1 Å². The molecule has 1 N–H and O–H groups in total. The molecule has 174 valence electrons. The molecule has 3 aromatic rings. The minimum absolute atomic E-state index is 0.0645. The van der Waals surface area contributed by atoms with Gasteiger partial charge < -0.3 is 9.80 Å². The second kappa shape index (κ2) is 9.43. The predicted octanol–water partition coefficient (Wildman–Crippen LogP) is 4.17. The van der Waals surface area contributed by atoms with Crippen LogP contribution in [0, 0.1) is 6.92 Å². The first-order chi connectivity index (χ1) is 16.5. The van der Waals surface area contributed by atoms with E-state index in [1.807, 2.05) is 77.4 Å². The molecule has 0 bridgehead atoms. The van der Waals surface area contributed by atoms with Crippen molar-refractivity contribution in [2.75, 3.05) is 13.1 Å². The van der Waals surface area contributed by atoms with Crippen molar-refractivity contribution in [1.29, 1.82) is 0 Å². The molecule has 5 nitrogen and oxygen atoms in total. The Kier molecular flexibility index (Phi) is 6.20. The molecule has 0 aromatic heterocycles. The maximum Gasteiger partial charge on any atom is 0.253 e. The highest BCUT2D eigenvalue weighted by Crippen LogP contribution is 2.35. The zero-order valence-corrected chi connectivity index (χ0v) is 19.6. The van der Waals surface area contributed by atoms with Gasteiger partial charge in [0, 0.05) is 38.0 Å². The average Bonchev–Trinajstić information content (AvgIpc) is 3.11. The van der Waals surface area contributed by atoms with E-state index in [-0.39, 0.29) is 17.9 Å². The van der Waals surface area contributed by atoms with Crippen LogP contribution < -0.4 is 5.32 Å². The molecule has 0 radical (unpaired) electrons. The van der Waals surface area contributed by atoms with Crippen LogP contribution >= 0.6 is 0 Å². The topological polar surface area (TPSA) is 52.7 Å². The predicted molar refractivity (Wildman–Crippen MR) is 133 cm³/mol. The van der Waals surface area contributed by atoms with E-state index >= 15 is 0 Å². The first-order valence-corrected chi connectivity index (χ1v) is 12.1. The van der Waals surface area contributed by atoms with Gasteiger partial charge in [-0.2, -0.15) is 0 Å². The quantitative estimate of drug-likeness (QED) is 0.631. The Bertz CT molecular complexity index is 1140. The van der Waals surface area contributed by atoms with Gasteiger partial charge in [0.2, 0.25) is 5.91 Å². The highest BCUT2D eigenvalue weighted by molar-refractivity contribution is 5.94. The van der Waals surface area contributed by atoms with Crippen molar-refractivity contribution < 1.29 is 9.59 Å². The lowest BCUT2D eigenvalue weighted by Crippen LogP contribution is -2.59. The standard InChI is InChI=1S/C29H31N3O2/c1-22-12-14-25(15-13-22)27(33)31-18-16-29(17-19-31)30-26(20-23-8-4-2-5-9-23)28(34)32(29)21-24-10-6-3-7-11-24/h2-15,26,30H,16-21H2,1H3. The van der Waals surface area contributed by atoms with Crippen LogP contribution in [0.1, 0.15) is 39.9 Å². The minimum atomic E-state index is -0.434. The van der Waals surface area contributed by atoms with Crippen molar-refractivity contribution >= 4 is 11.8 Å². The number of likely N-dealkylation sites (tertiary alicyclic amines) is 1. The van der Waals surface area contributed by atoms with E-state index in [1.165, 1.54) is 0 Å². The van der Waals surface area contributed by atoms with Crippen molar-refractivity contribution in [2.45, 2.75) is 44.4 Å². The Morgan fingerprint density at radius 2 is 1.47 bits per heavy atom. The summed E-state index contributed by atoms with van der Waals surface area (Å²) in [6.45, 7) is 3.84. The molecule has 2 aliphatic rings. The fourth-order valence-corrected chi connectivity index (χ4v) is 5.22. The van der Waals surface area contributed by atoms with Crippen molar-refractivity contribution in [3.05, 3.63) is 107 Å². The summed E-state index contributed by atoms with van der Waals surface area (Å²) in [6.07, 6.45) is 2.10. The Morgan fingerprint density at radius 1 is 0.882 bits per heavy atom. The molecule has 0 saturated carbocycles. The van der Waals surface area contributed by atoms with E-state index in [9.17, 15) is 9.59 Å². The molecule has 1 unspecified atom stereocenters. The number of hydrogen-bond donors (Lipinski definition) is 1. The first-order valence-electron chi connectivity index (χ1n) is 12.1. The molecule has 1 spiro atoms. The van der Waals surface area contributed by atoms with Crippen molar-refractivity contribution in [2.24, 2.45) is 0 Å². The zero-order valence-electron chi connectivity index (χ0n) is 19.6. The fraction of sp³-hybridized carbons (Fsp3) is 0.310. The van der Waals surface area contributed by atoms with E-state index in [1.54, 1.807) is 0 Å². The monoisotopic (exact) mass is 453 g/mol. The summed E-state index contributed by atoms with van der Waals surface area (Å²) >= 11 is 0. The van der Waals surface area contributed by atoms with Gasteiger partial charge in [-0.05, 0) is 36.6 Å². The lowest BCUT2D eigenvalue weighted by Gasteiger charge is -2.44. The summed E-state index contributed by atoms with van der Waals surface area (Å²) in [5.41, 5.74) is 3.70. The number of hydrogen-bond acceptors (Lipinski definition) is 3. The van der Waals surface area contributed by atoms with E-state index in [2.05, 4.69) is 29.6 Å². The fourth-order valence-electron chi connectivity index (χ4n) is 5.22. The van der Waals surface area contributed by atoms with Crippen LogP contribution in [0.15, 0.2) is 84.9 Å². The minimum Gasteiger partial charge on any atom is -0.338 e. The molecule has 2 saturated heterocycles. The highest BCUT2D eigenvalue weighted by atomic mass is 16.2. The van der Waals surface area contributed by atoms with Crippen LogP contribution in [0.3, 0.4) is 0 Å². The second-order valence-electron chi connectivity index (χ2n) is 9.49. The number of carbonyl (C=O) groups excluding carboxylic acids is 2. The summed E-state index contributed by atoms with van der Waals surface area (Å²) in [6, 6.07) is 27.8. The summed E-state index contributed by atoms with van der Waals surface area (Å²) in [5.74, 6) is 0.209. The normalized spacial score (nSPS) is 19.6. The molecule has 3 aromatic carbocycles. The van der Waals surface area contributed by atoms with Crippen LogP contribution in [0.5, 0.6) is 0 Å². The second-order valence-corrected chi connectivity index (χ2v) is 9.49. The average molecular weight is 454 g/mol. The molecule has 5 heteroatoms. The smallest absolute Gasteiger partial charge is 0.253 e. The molecule has 1 atom stereocenters. The lowest BCUT2D eigenvalue weighted by molar-refractivity contribution is -0.134. The third-order valence-electron chi connectivity index (χ3n) is 7.17. The van der Waals surface area contributed by atoms with Gasteiger partial charge in [0.25, 0.3) is 5.91 Å². The van der Waals surface area contributed by atoms with Gasteiger partial charge in [0.15, 0.2) is 0 Å². The summed E-state index contributed by atoms with van der Waals surface area (Å²) < 4.78 is 0. The van der Waals surface area contributed by atoms with Gasteiger partial charge in [-0.1, -0.05) is 78.4 Å². The summed E-state index contributed by atoms with van der Waals surface area (Å²) in [7, 11) is 0. The maximum atomic E-state index is 13.6. The molecule has 2 amide bonds. The number of carbonyl (C=O) groups is 2. The van der Waals surface area contributed by atoms with Gasteiger partial charge >= 0.3 is 0 Å². The third-order valence-corrected chi connectivity index (χ3v) is 7.17. The zero-order chi connectivity index (χ0) is 23.5. The maximum absolute atomic E-state index is 13.6. The highest BCUT2D eigenvalue weighted by Gasteiger charge is 2.51. The lowest BCUT2D eigenvalue weighted by atomic mass is 9.94. The van der Waals surface area contributed by atoms with E-state index in [0.717, 1.165) is 22.3 Å². The first kappa shape index (κ1) is 22.4. The van der Waals surface area contributed by atoms with Gasteiger partial charge in [-0.15, -0.1) is 0 Å². The van der Waals surface area contributed by atoms with Crippen LogP contribution in [0.2, 0.25) is 0 Å². The van der Waals surface area contributed by atoms with Gasteiger partial charge in [0.05, 0.1) is 11.7 Å². The number of nitrogens with one attached hydrogen (secondary N) is 1. The van der Waals surface area contributed by atoms with Gasteiger partial charge in [-0.3, -0.25) is 14.9 Å². The Morgan fingerprint density at radius 3 is 2.09 bits per heavy atom. The summed E-state index contributed by atoms with van der Waals surface area (Å²) in [5, 5.41) is 3.72. The molecule has 2 fully saturated rings. The Hall–Kier alpha value is -3.44. The molecule has 34 heavy (non-hydrogen) atoms. The molecular formula is C29H31N3O2. The number of amides is 2. The number of piperidine rings is 1. The van der Waals surface area contributed by atoms with Crippen LogP contribution in [0.25, 0.3) is 0 Å². The number of benzene rings is 3. The number of nitrogens with zero attached hydrogens (tertiary/aromatic N) is 2. The molecule has 2 aliphatic heterocycles. The molecular weight excluding hydrogens is 422 g/mol. The number of rotatable bonds is 5. The SMILES string of the molecule is Cc1ccc(C(=O)N2CCC3(CC2)NC(Cc2ccccc2)C(=O)N3Cc2ccccc2)cc1. The Balaban J connectivity index is 1.35. The number of aryl methyl sites for hydroxylation is 1. The van der Waals surface area contributed by atoms with E-state index in [4.69, 9.17) is 0 Å². The third kappa shape index (κ3) is 4.48. The van der Waals surface area contributed by atoms with E-state index in [0.29, 0.717) is 38.9 Å². The Labute approximate surface area is 201 Å². The summed E-state index contributed by atoms with van der Waals surface area (Å²) in [4.78, 5) is 30.7. The van der Waals surface area contributed by atoms with Gasteiger partial charge in [-0.25, -0.2) is 0 Å². The van der Waals surface area contributed by atoms with Crippen LogP contribution in [0.4, 0.5) is 0 Å². The molecule has 5 rings (SSSR count). The van der Waals surface area contributed by atoms with Gasteiger partial charge in [0.1, 0.15) is 0 Å². The van der Waals surface area contributed by atoms with Crippen LogP contribution in [-0.4, -0.2) is 46.4 Å². The van der Waals surface area contributed by atoms with Crippen LogP contribution in [-0.2, 0) is 17.8 Å². The molecule has 2 heterocycles. The van der Waals surface area contributed by atoms with Crippen molar-refractivity contribution in [3.8, 4) is 0 Å². The van der Waals surface area contributed by atoms with Crippen molar-refractivity contribution in [3.63, 3.8) is 0 Å².